The molecule has 0 aromatic carbocycles. The molecular formula is C9H16N2S. The first-order valence-electron chi connectivity index (χ1n) is 4.31. The number of nitrogens with one attached hydrogen (secondary N) is 1. The average molecular weight is 184 g/mol. The van der Waals surface area contributed by atoms with E-state index < -0.39 is 0 Å². The standard InChI is InChI=1S/C9H16N2S/c1-7(2)4-10-8(3)9-5-12-6-11-9/h5-8,10H,4H2,1-3H3. The van der Waals surface area contributed by atoms with E-state index in [0.29, 0.717) is 12.0 Å². The summed E-state index contributed by atoms with van der Waals surface area (Å²) in [7, 11) is 0. The van der Waals surface area contributed by atoms with Gasteiger partial charge in [0.05, 0.1) is 11.2 Å². The lowest BCUT2D eigenvalue weighted by Crippen LogP contribution is -2.23. The monoisotopic (exact) mass is 184 g/mol. The Kier molecular flexibility index (Phi) is 3.69. The maximum absolute atomic E-state index is 4.25. The van der Waals surface area contributed by atoms with Crippen LogP contribution in [0.15, 0.2) is 10.9 Å². The average Bonchev–Trinajstić information content (AvgIpc) is 2.51. The van der Waals surface area contributed by atoms with E-state index in [0.717, 1.165) is 12.2 Å². The number of hydrogen-bond donors (Lipinski definition) is 1. The van der Waals surface area contributed by atoms with E-state index in [1.165, 1.54) is 0 Å². The zero-order chi connectivity index (χ0) is 8.97. The van der Waals surface area contributed by atoms with Crippen molar-refractivity contribution in [1.29, 1.82) is 0 Å². The number of thiazole rings is 1. The highest BCUT2D eigenvalue weighted by Crippen LogP contribution is 2.11. The minimum absolute atomic E-state index is 0.388. The molecule has 0 amide bonds. The number of nitrogens with zero attached hydrogens (tertiary/aromatic N) is 1. The Morgan fingerprint density at radius 1 is 1.50 bits per heavy atom. The lowest BCUT2D eigenvalue weighted by molar-refractivity contribution is 0.491. The maximum Gasteiger partial charge on any atom is 0.0795 e. The van der Waals surface area contributed by atoms with Gasteiger partial charge in [-0.2, -0.15) is 0 Å². The predicted molar refractivity (Wildman–Crippen MR) is 53.4 cm³/mol. The molecule has 0 fully saturated rings. The zero-order valence-electron chi connectivity index (χ0n) is 7.87. The van der Waals surface area contributed by atoms with Crippen LogP contribution in [0.3, 0.4) is 0 Å². The number of rotatable bonds is 4. The van der Waals surface area contributed by atoms with Gasteiger partial charge in [-0.1, -0.05) is 13.8 Å². The highest BCUT2D eigenvalue weighted by Gasteiger charge is 2.06. The molecule has 1 aromatic rings. The van der Waals surface area contributed by atoms with Crippen molar-refractivity contribution in [2.75, 3.05) is 6.54 Å². The van der Waals surface area contributed by atoms with Crippen molar-refractivity contribution in [1.82, 2.24) is 10.3 Å². The second-order valence-corrected chi connectivity index (χ2v) is 4.16. The van der Waals surface area contributed by atoms with Crippen LogP contribution in [-0.2, 0) is 0 Å². The first-order chi connectivity index (χ1) is 5.70. The smallest absolute Gasteiger partial charge is 0.0795 e. The molecule has 0 bridgehead atoms. The number of hydrogen-bond acceptors (Lipinski definition) is 3. The lowest BCUT2D eigenvalue weighted by Gasteiger charge is -2.12. The molecule has 0 aliphatic carbocycles. The molecule has 68 valence electrons. The van der Waals surface area contributed by atoms with Crippen molar-refractivity contribution >= 4 is 11.3 Å². The predicted octanol–water partition coefficient (Wildman–Crippen LogP) is 2.45. The molecule has 1 unspecified atom stereocenters. The van der Waals surface area contributed by atoms with Gasteiger partial charge in [0.15, 0.2) is 0 Å². The van der Waals surface area contributed by atoms with E-state index in [9.17, 15) is 0 Å². The Hall–Kier alpha value is -0.410. The third kappa shape index (κ3) is 2.91. The van der Waals surface area contributed by atoms with Crippen LogP contribution in [0.5, 0.6) is 0 Å². The molecule has 0 saturated carbocycles. The zero-order valence-corrected chi connectivity index (χ0v) is 8.69. The first kappa shape index (κ1) is 9.68. The van der Waals surface area contributed by atoms with Crippen molar-refractivity contribution in [3.8, 4) is 0 Å². The van der Waals surface area contributed by atoms with Crippen LogP contribution in [0.2, 0.25) is 0 Å². The van der Waals surface area contributed by atoms with Crippen LogP contribution >= 0.6 is 11.3 Å². The van der Waals surface area contributed by atoms with Gasteiger partial charge >= 0.3 is 0 Å². The molecule has 1 N–H and O–H groups in total. The van der Waals surface area contributed by atoms with Crippen LogP contribution in [0, 0.1) is 5.92 Å². The Labute approximate surface area is 78.0 Å². The van der Waals surface area contributed by atoms with Gasteiger partial charge in [0, 0.05) is 11.4 Å². The summed E-state index contributed by atoms with van der Waals surface area (Å²) < 4.78 is 0. The third-order valence-electron chi connectivity index (χ3n) is 1.73. The SMILES string of the molecule is CC(C)CNC(C)c1cscn1. The second-order valence-electron chi connectivity index (χ2n) is 3.44. The molecule has 1 rings (SSSR count). The normalized spacial score (nSPS) is 13.7. The molecule has 3 heteroatoms. The van der Waals surface area contributed by atoms with Gasteiger partial charge < -0.3 is 5.32 Å². The van der Waals surface area contributed by atoms with Crippen molar-refractivity contribution in [3.05, 3.63) is 16.6 Å². The molecular weight excluding hydrogens is 168 g/mol. The summed E-state index contributed by atoms with van der Waals surface area (Å²) in [5.41, 5.74) is 3.03. The molecule has 1 atom stereocenters. The van der Waals surface area contributed by atoms with Crippen LogP contribution in [0.1, 0.15) is 32.5 Å². The van der Waals surface area contributed by atoms with Crippen LogP contribution in [-0.4, -0.2) is 11.5 Å². The second kappa shape index (κ2) is 4.58. The fraction of sp³-hybridized carbons (Fsp3) is 0.667. The van der Waals surface area contributed by atoms with E-state index in [4.69, 9.17) is 0 Å². The third-order valence-corrected chi connectivity index (χ3v) is 2.33. The van der Waals surface area contributed by atoms with Crippen LogP contribution in [0.4, 0.5) is 0 Å². The highest BCUT2D eigenvalue weighted by molar-refractivity contribution is 7.07. The largest absolute Gasteiger partial charge is 0.309 e. The van der Waals surface area contributed by atoms with E-state index >= 15 is 0 Å². The van der Waals surface area contributed by atoms with E-state index in [-0.39, 0.29) is 0 Å². The Morgan fingerprint density at radius 3 is 2.75 bits per heavy atom. The summed E-state index contributed by atoms with van der Waals surface area (Å²) >= 11 is 1.65. The quantitative estimate of drug-likeness (QED) is 0.777. The highest BCUT2D eigenvalue weighted by atomic mass is 32.1. The summed E-state index contributed by atoms with van der Waals surface area (Å²) in [6.45, 7) is 7.62. The fourth-order valence-electron chi connectivity index (χ4n) is 0.953. The van der Waals surface area contributed by atoms with Gasteiger partial charge in [-0.3, -0.25) is 0 Å². The van der Waals surface area contributed by atoms with Crippen LogP contribution < -0.4 is 5.32 Å². The van der Waals surface area contributed by atoms with Crippen molar-refractivity contribution in [2.45, 2.75) is 26.8 Å². The molecule has 0 radical (unpaired) electrons. The van der Waals surface area contributed by atoms with E-state index in [2.05, 4.69) is 36.5 Å². The van der Waals surface area contributed by atoms with Gasteiger partial charge in [0.1, 0.15) is 0 Å². The van der Waals surface area contributed by atoms with Crippen molar-refractivity contribution in [3.63, 3.8) is 0 Å². The summed E-state index contributed by atoms with van der Waals surface area (Å²) in [5.74, 6) is 0.700. The Bertz CT molecular complexity index is 206. The summed E-state index contributed by atoms with van der Waals surface area (Å²) in [4.78, 5) is 4.25. The molecule has 1 aromatic heterocycles. The van der Waals surface area contributed by atoms with Gasteiger partial charge in [-0.05, 0) is 19.4 Å². The maximum atomic E-state index is 4.25. The summed E-state index contributed by atoms with van der Waals surface area (Å²) in [5, 5.41) is 5.52. The van der Waals surface area contributed by atoms with E-state index in [1.807, 2.05) is 5.51 Å². The lowest BCUT2D eigenvalue weighted by atomic mass is 10.2. The molecule has 12 heavy (non-hydrogen) atoms. The topological polar surface area (TPSA) is 24.9 Å². The van der Waals surface area contributed by atoms with Gasteiger partial charge in [0.2, 0.25) is 0 Å². The van der Waals surface area contributed by atoms with E-state index in [1.54, 1.807) is 11.3 Å². The van der Waals surface area contributed by atoms with Crippen molar-refractivity contribution < 1.29 is 0 Å². The minimum atomic E-state index is 0.388. The molecule has 0 spiro atoms. The molecule has 0 aliphatic heterocycles. The minimum Gasteiger partial charge on any atom is -0.309 e. The van der Waals surface area contributed by atoms with Gasteiger partial charge in [-0.15, -0.1) is 11.3 Å². The summed E-state index contributed by atoms with van der Waals surface area (Å²) in [6, 6.07) is 0.388. The molecule has 2 nitrogen and oxygen atoms in total. The van der Waals surface area contributed by atoms with Crippen LogP contribution in [0.25, 0.3) is 0 Å². The molecule has 1 heterocycles. The number of aromatic nitrogens is 1. The first-order valence-corrected chi connectivity index (χ1v) is 5.26. The molecule has 0 saturated heterocycles. The fourth-order valence-corrected chi connectivity index (χ4v) is 1.60. The molecule has 0 aliphatic rings. The van der Waals surface area contributed by atoms with Gasteiger partial charge in [-0.25, -0.2) is 4.98 Å². The summed E-state index contributed by atoms with van der Waals surface area (Å²) in [6.07, 6.45) is 0. The van der Waals surface area contributed by atoms with Crippen molar-refractivity contribution in [2.24, 2.45) is 5.92 Å². The Balaban J connectivity index is 2.34. The van der Waals surface area contributed by atoms with Gasteiger partial charge in [0.25, 0.3) is 0 Å². The Morgan fingerprint density at radius 2 is 2.25 bits per heavy atom.